The van der Waals surface area contributed by atoms with Gasteiger partial charge in [-0.2, -0.15) is 0 Å². The van der Waals surface area contributed by atoms with Crippen LogP contribution in [0.5, 0.6) is 0 Å². The van der Waals surface area contributed by atoms with E-state index in [2.05, 4.69) is 19.2 Å². The first kappa shape index (κ1) is 20.3. The number of nitrogens with one attached hydrogen (secondary N) is 1. The highest BCUT2D eigenvalue weighted by molar-refractivity contribution is 6.39. The number of benzene rings is 2. The third kappa shape index (κ3) is 4.05. The van der Waals surface area contributed by atoms with E-state index in [0.717, 1.165) is 22.4 Å². The van der Waals surface area contributed by atoms with Crippen LogP contribution in [0.3, 0.4) is 0 Å². The molecule has 1 saturated heterocycles. The molecule has 0 saturated carbocycles. The largest absolute Gasteiger partial charge is 0.457 e. The molecule has 0 bridgehead atoms. The molecule has 1 unspecified atom stereocenters. The second kappa shape index (κ2) is 8.44. The number of hydrogen-bond acceptors (Lipinski definition) is 4. The first-order valence-corrected chi connectivity index (χ1v) is 10.1. The molecule has 4 amide bonds. The van der Waals surface area contributed by atoms with E-state index in [1.807, 2.05) is 42.5 Å². The van der Waals surface area contributed by atoms with Gasteiger partial charge < -0.3 is 4.42 Å². The summed E-state index contributed by atoms with van der Waals surface area (Å²) in [6.45, 7) is 4.21. The molecule has 6 heteroatoms. The zero-order valence-corrected chi connectivity index (χ0v) is 17.3. The predicted octanol–water partition coefficient (Wildman–Crippen LogP) is 5.13. The topological polar surface area (TPSA) is 79.6 Å². The van der Waals surface area contributed by atoms with Crippen molar-refractivity contribution in [3.8, 4) is 11.3 Å². The van der Waals surface area contributed by atoms with E-state index >= 15 is 0 Å². The Bertz CT molecular complexity index is 1160. The van der Waals surface area contributed by atoms with Crippen molar-refractivity contribution in [1.29, 1.82) is 0 Å². The van der Waals surface area contributed by atoms with Crippen LogP contribution in [0.1, 0.15) is 37.5 Å². The van der Waals surface area contributed by atoms with Crippen LogP contribution >= 0.6 is 0 Å². The van der Waals surface area contributed by atoms with Crippen molar-refractivity contribution in [2.75, 3.05) is 4.90 Å². The van der Waals surface area contributed by atoms with Gasteiger partial charge in [0.1, 0.15) is 17.1 Å². The highest BCUT2D eigenvalue weighted by Gasteiger charge is 2.37. The second-order valence-electron chi connectivity index (χ2n) is 7.43. The van der Waals surface area contributed by atoms with Crippen LogP contribution in [0.2, 0.25) is 0 Å². The van der Waals surface area contributed by atoms with Gasteiger partial charge in [-0.05, 0) is 48.2 Å². The van der Waals surface area contributed by atoms with E-state index in [0.29, 0.717) is 23.1 Å². The van der Waals surface area contributed by atoms with Crippen molar-refractivity contribution in [3.63, 3.8) is 0 Å². The number of imide groups is 2. The number of rotatable bonds is 5. The number of furan rings is 1. The lowest BCUT2D eigenvalue weighted by Crippen LogP contribution is -2.54. The Hall–Kier alpha value is -3.93. The van der Waals surface area contributed by atoms with Gasteiger partial charge in [-0.25, -0.2) is 9.69 Å². The maximum Gasteiger partial charge on any atom is 0.335 e. The first-order chi connectivity index (χ1) is 15.0. The fourth-order valence-corrected chi connectivity index (χ4v) is 3.41. The lowest BCUT2D eigenvalue weighted by Gasteiger charge is -2.26. The summed E-state index contributed by atoms with van der Waals surface area (Å²) in [7, 11) is 0. The number of carbonyl (C=O) groups excluding carboxylic acids is 3. The molecule has 156 valence electrons. The van der Waals surface area contributed by atoms with Crippen LogP contribution in [-0.4, -0.2) is 17.8 Å². The Labute approximate surface area is 180 Å². The minimum absolute atomic E-state index is 0.167. The summed E-state index contributed by atoms with van der Waals surface area (Å²) in [6, 6.07) is 19.4. The SMILES string of the molecule is CCC(C)c1ccc(N2C(=O)NC(=O)/C(=C/c3ccc(-c4ccccc4)o3)C2=O)cc1. The predicted molar refractivity (Wildman–Crippen MR) is 118 cm³/mol. The molecule has 1 atom stereocenters. The van der Waals surface area contributed by atoms with Crippen molar-refractivity contribution in [2.45, 2.75) is 26.2 Å². The van der Waals surface area contributed by atoms with Crippen LogP contribution in [0, 0.1) is 0 Å². The minimum atomic E-state index is -0.771. The van der Waals surface area contributed by atoms with Gasteiger partial charge in [0.2, 0.25) is 0 Å². The molecular formula is C25H22N2O4. The smallest absolute Gasteiger partial charge is 0.335 e. The van der Waals surface area contributed by atoms with E-state index in [9.17, 15) is 14.4 Å². The van der Waals surface area contributed by atoms with Crippen molar-refractivity contribution in [1.82, 2.24) is 5.32 Å². The van der Waals surface area contributed by atoms with Gasteiger partial charge in [-0.1, -0.05) is 56.3 Å². The highest BCUT2D eigenvalue weighted by Crippen LogP contribution is 2.27. The molecule has 0 spiro atoms. The van der Waals surface area contributed by atoms with Gasteiger partial charge in [0, 0.05) is 5.56 Å². The fourth-order valence-electron chi connectivity index (χ4n) is 3.41. The summed E-state index contributed by atoms with van der Waals surface area (Å²) in [5.41, 5.74) is 2.23. The molecule has 0 radical (unpaired) electrons. The number of hydrogen-bond donors (Lipinski definition) is 1. The zero-order chi connectivity index (χ0) is 22.0. The van der Waals surface area contributed by atoms with Gasteiger partial charge >= 0.3 is 6.03 Å². The molecule has 1 aliphatic rings. The molecule has 1 N–H and O–H groups in total. The van der Waals surface area contributed by atoms with Crippen molar-refractivity contribution < 1.29 is 18.8 Å². The van der Waals surface area contributed by atoms with Gasteiger partial charge in [-0.15, -0.1) is 0 Å². The van der Waals surface area contributed by atoms with Crippen molar-refractivity contribution in [2.24, 2.45) is 0 Å². The maximum absolute atomic E-state index is 13.0. The Kier molecular flexibility index (Phi) is 5.54. The minimum Gasteiger partial charge on any atom is -0.457 e. The first-order valence-electron chi connectivity index (χ1n) is 10.1. The normalized spacial score (nSPS) is 16.5. The molecular weight excluding hydrogens is 392 g/mol. The summed E-state index contributed by atoms with van der Waals surface area (Å²) in [5, 5.41) is 2.23. The molecule has 2 heterocycles. The average Bonchev–Trinajstić information content (AvgIpc) is 3.26. The molecule has 6 nitrogen and oxygen atoms in total. The number of amides is 4. The Balaban J connectivity index is 1.63. The molecule has 4 rings (SSSR count). The quantitative estimate of drug-likeness (QED) is 0.464. The highest BCUT2D eigenvalue weighted by atomic mass is 16.3. The van der Waals surface area contributed by atoms with Crippen LogP contribution in [0.4, 0.5) is 10.5 Å². The van der Waals surface area contributed by atoms with E-state index in [1.165, 1.54) is 6.08 Å². The van der Waals surface area contributed by atoms with Crippen LogP contribution in [-0.2, 0) is 9.59 Å². The van der Waals surface area contributed by atoms with Gasteiger partial charge in [0.15, 0.2) is 0 Å². The number of carbonyl (C=O) groups is 3. The average molecular weight is 414 g/mol. The summed E-state index contributed by atoms with van der Waals surface area (Å²) in [5.74, 6) is -0.110. The monoisotopic (exact) mass is 414 g/mol. The lowest BCUT2D eigenvalue weighted by molar-refractivity contribution is -0.122. The van der Waals surface area contributed by atoms with Crippen LogP contribution < -0.4 is 10.2 Å². The standard InChI is InChI=1S/C25H22N2O4/c1-3-16(2)17-9-11-19(12-10-17)27-24(29)21(23(28)26-25(27)30)15-20-13-14-22(31-20)18-7-5-4-6-8-18/h4-16H,3H2,1-2H3,(H,26,28,30)/b21-15-. The number of urea groups is 1. The molecule has 1 aromatic heterocycles. The van der Waals surface area contributed by atoms with E-state index in [4.69, 9.17) is 4.42 Å². The molecule has 2 aromatic carbocycles. The third-order valence-corrected chi connectivity index (χ3v) is 5.41. The van der Waals surface area contributed by atoms with Crippen LogP contribution in [0.25, 0.3) is 17.4 Å². The van der Waals surface area contributed by atoms with Gasteiger partial charge in [0.05, 0.1) is 5.69 Å². The van der Waals surface area contributed by atoms with Crippen molar-refractivity contribution in [3.05, 3.63) is 83.6 Å². The Morgan fingerprint density at radius 3 is 2.35 bits per heavy atom. The van der Waals surface area contributed by atoms with E-state index < -0.39 is 17.8 Å². The number of anilines is 1. The molecule has 0 aliphatic carbocycles. The Morgan fingerprint density at radius 2 is 1.68 bits per heavy atom. The summed E-state index contributed by atoms with van der Waals surface area (Å²) in [4.78, 5) is 38.8. The number of nitrogens with zero attached hydrogens (tertiary/aromatic N) is 1. The van der Waals surface area contributed by atoms with Crippen molar-refractivity contribution >= 4 is 29.6 Å². The van der Waals surface area contributed by atoms with E-state index in [-0.39, 0.29) is 5.57 Å². The number of barbiturate groups is 1. The molecule has 1 fully saturated rings. The fraction of sp³-hybridized carbons (Fsp3) is 0.160. The van der Waals surface area contributed by atoms with Gasteiger partial charge in [0.25, 0.3) is 11.8 Å². The van der Waals surface area contributed by atoms with Gasteiger partial charge in [-0.3, -0.25) is 14.9 Å². The molecule has 3 aromatic rings. The third-order valence-electron chi connectivity index (χ3n) is 5.41. The lowest BCUT2D eigenvalue weighted by atomic mass is 9.98. The molecule has 31 heavy (non-hydrogen) atoms. The summed E-state index contributed by atoms with van der Waals surface area (Å²) in [6.07, 6.45) is 2.34. The second-order valence-corrected chi connectivity index (χ2v) is 7.43. The summed E-state index contributed by atoms with van der Waals surface area (Å²) < 4.78 is 5.78. The van der Waals surface area contributed by atoms with Crippen LogP contribution in [0.15, 0.2) is 76.7 Å². The summed E-state index contributed by atoms with van der Waals surface area (Å²) >= 11 is 0. The van der Waals surface area contributed by atoms with E-state index in [1.54, 1.807) is 24.3 Å². The maximum atomic E-state index is 13.0. The Morgan fingerprint density at radius 1 is 0.968 bits per heavy atom. The molecule has 1 aliphatic heterocycles. The zero-order valence-electron chi connectivity index (χ0n) is 17.3.